The average Bonchev–Trinajstić information content (AvgIpc) is 2.40. The Balaban J connectivity index is 2.19. The minimum absolute atomic E-state index is 0.0695. The molecule has 1 fully saturated rings. The van der Waals surface area contributed by atoms with Crippen LogP contribution in [0.5, 0.6) is 0 Å². The van der Waals surface area contributed by atoms with Crippen LogP contribution in [0.2, 0.25) is 0 Å². The zero-order chi connectivity index (χ0) is 13.4. The summed E-state index contributed by atoms with van der Waals surface area (Å²) < 4.78 is 11.2. The van der Waals surface area contributed by atoms with Gasteiger partial charge in [-0.2, -0.15) is 0 Å². The Hall–Kier alpha value is -0.120. The Kier molecular flexibility index (Phi) is 7.20. The van der Waals surface area contributed by atoms with Gasteiger partial charge in [0.05, 0.1) is 12.2 Å². The fourth-order valence-corrected chi connectivity index (χ4v) is 2.62. The fraction of sp³-hybridized carbons (Fsp3) is 1.00. The molecule has 108 valence electrons. The molecule has 1 saturated carbocycles. The summed E-state index contributed by atoms with van der Waals surface area (Å²) in [6.07, 6.45) is 7.86. The highest BCUT2D eigenvalue weighted by molar-refractivity contribution is 4.78. The van der Waals surface area contributed by atoms with Gasteiger partial charge in [0.15, 0.2) is 0 Å². The highest BCUT2D eigenvalue weighted by Crippen LogP contribution is 2.26. The summed E-state index contributed by atoms with van der Waals surface area (Å²) in [5.74, 6) is 0.805. The van der Waals surface area contributed by atoms with Crippen molar-refractivity contribution in [2.45, 2.75) is 64.0 Å². The number of nitrogens with one attached hydrogen (secondary N) is 1. The topological polar surface area (TPSA) is 30.5 Å². The zero-order valence-corrected chi connectivity index (χ0v) is 12.6. The molecule has 3 heteroatoms. The molecule has 0 aromatic heterocycles. The number of likely N-dealkylation sites (N-methyl/N-ethyl adjacent to an activating group) is 1. The molecule has 0 heterocycles. The van der Waals surface area contributed by atoms with E-state index >= 15 is 0 Å². The van der Waals surface area contributed by atoms with Crippen LogP contribution in [0.25, 0.3) is 0 Å². The van der Waals surface area contributed by atoms with Crippen molar-refractivity contribution in [3.63, 3.8) is 0 Å². The number of hydrogen-bond acceptors (Lipinski definition) is 3. The third-order valence-corrected chi connectivity index (χ3v) is 4.29. The molecule has 1 atom stereocenters. The smallest absolute Gasteiger partial charge is 0.0644 e. The van der Waals surface area contributed by atoms with Gasteiger partial charge in [0.25, 0.3) is 0 Å². The monoisotopic (exact) mass is 257 g/mol. The molecule has 0 aromatic carbocycles. The van der Waals surface area contributed by atoms with E-state index in [9.17, 15) is 0 Å². The Morgan fingerprint density at radius 3 is 2.44 bits per heavy atom. The van der Waals surface area contributed by atoms with Crippen LogP contribution in [-0.2, 0) is 9.47 Å². The first-order chi connectivity index (χ1) is 8.59. The summed E-state index contributed by atoms with van der Waals surface area (Å²) >= 11 is 0. The van der Waals surface area contributed by atoms with Crippen molar-refractivity contribution in [1.82, 2.24) is 5.32 Å². The Labute approximate surface area is 113 Å². The van der Waals surface area contributed by atoms with Crippen molar-refractivity contribution in [1.29, 1.82) is 0 Å². The lowest BCUT2D eigenvalue weighted by Gasteiger charge is -2.30. The van der Waals surface area contributed by atoms with Gasteiger partial charge in [-0.05, 0) is 46.1 Å². The lowest BCUT2D eigenvalue weighted by atomic mass is 9.84. The standard InChI is InChI=1S/C15H31NO2/c1-15(2,17-4)10-11-18-12-14(16-3)13-8-6-5-7-9-13/h13-14,16H,5-12H2,1-4H3. The molecule has 0 aromatic rings. The minimum atomic E-state index is -0.0695. The molecule has 1 rings (SSSR count). The van der Waals surface area contributed by atoms with E-state index in [2.05, 4.69) is 26.2 Å². The SMILES string of the molecule is CNC(COCCC(C)(C)OC)C1CCCCC1. The molecule has 0 saturated heterocycles. The number of rotatable bonds is 8. The summed E-state index contributed by atoms with van der Waals surface area (Å²) in [5.41, 5.74) is -0.0695. The Morgan fingerprint density at radius 2 is 1.89 bits per heavy atom. The van der Waals surface area contributed by atoms with Crippen LogP contribution in [0.1, 0.15) is 52.4 Å². The van der Waals surface area contributed by atoms with E-state index in [0.717, 1.165) is 25.6 Å². The predicted octanol–water partition coefficient (Wildman–Crippen LogP) is 2.99. The normalized spacial score (nSPS) is 20.0. The summed E-state index contributed by atoms with van der Waals surface area (Å²) in [7, 11) is 3.82. The van der Waals surface area contributed by atoms with E-state index in [1.165, 1.54) is 32.1 Å². The van der Waals surface area contributed by atoms with Crippen LogP contribution in [0.4, 0.5) is 0 Å². The highest BCUT2D eigenvalue weighted by atomic mass is 16.5. The van der Waals surface area contributed by atoms with Gasteiger partial charge >= 0.3 is 0 Å². The Bertz CT molecular complexity index is 213. The largest absolute Gasteiger partial charge is 0.380 e. The molecular formula is C15H31NO2. The van der Waals surface area contributed by atoms with Gasteiger partial charge in [-0.15, -0.1) is 0 Å². The average molecular weight is 257 g/mol. The van der Waals surface area contributed by atoms with Crippen LogP contribution in [0.15, 0.2) is 0 Å². The second-order valence-corrected chi connectivity index (χ2v) is 6.08. The van der Waals surface area contributed by atoms with E-state index in [4.69, 9.17) is 9.47 Å². The van der Waals surface area contributed by atoms with Crippen molar-refractivity contribution in [2.75, 3.05) is 27.4 Å². The maximum Gasteiger partial charge on any atom is 0.0644 e. The minimum Gasteiger partial charge on any atom is -0.380 e. The first-order valence-electron chi connectivity index (χ1n) is 7.39. The number of hydrogen-bond donors (Lipinski definition) is 1. The molecule has 1 aliphatic carbocycles. The van der Waals surface area contributed by atoms with Gasteiger partial charge in [0.2, 0.25) is 0 Å². The molecule has 3 nitrogen and oxygen atoms in total. The van der Waals surface area contributed by atoms with E-state index in [-0.39, 0.29) is 5.60 Å². The molecule has 0 bridgehead atoms. The molecule has 18 heavy (non-hydrogen) atoms. The maximum absolute atomic E-state index is 5.84. The van der Waals surface area contributed by atoms with E-state index in [0.29, 0.717) is 6.04 Å². The second-order valence-electron chi connectivity index (χ2n) is 6.08. The Morgan fingerprint density at radius 1 is 1.22 bits per heavy atom. The van der Waals surface area contributed by atoms with Crippen LogP contribution < -0.4 is 5.32 Å². The molecule has 1 N–H and O–H groups in total. The van der Waals surface area contributed by atoms with Gasteiger partial charge < -0.3 is 14.8 Å². The lowest BCUT2D eigenvalue weighted by molar-refractivity contribution is -0.0148. The molecule has 0 spiro atoms. The molecule has 0 aliphatic heterocycles. The predicted molar refractivity (Wildman–Crippen MR) is 75.9 cm³/mol. The van der Waals surface area contributed by atoms with Crippen molar-refractivity contribution in [2.24, 2.45) is 5.92 Å². The quantitative estimate of drug-likeness (QED) is 0.678. The van der Waals surface area contributed by atoms with Crippen LogP contribution >= 0.6 is 0 Å². The molecule has 0 radical (unpaired) electrons. The third kappa shape index (κ3) is 5.68. The van der Waals surface area contributed by atoms with Gasteiger partial charge in [-0.3, -0.25) is 0 Å². The van der Waals surface area contributed by atoms with E-state index in [1.807, 2.05) is 0 Å². The zero-order valence-electron chi connectivity index (χ0n) is 12.6. The van der Waals surface area contributed by atoms with Gasteiger partial charge in [-0.1, -0.05) is 19.3 Å². The maximum atomic E-state index is 5.84. The first-order valence-corrected chi connectivity index (χ1v) is 7.39. The lowest BCUT2D eigenvalue weighted by Crippen LogP contribution is -2.39. The molecular weight excluding hydrogens is 226 g/mol. The highest BCUT2D eigenvalue weighted by Gasteiger charge is 2.23. The first kappa shape index (κ1) is 15.9. The number of methoxy groups -OCH3 is 1. The van der Waals surface area contributed by atoms with E-state index < -0.39 is 0 Å². The van der Waals surface area contributed by atoms with E-state index in [1.54, 1.807) is 7.11 Å². The van der Waals surface area contributed by atoms with Gasteiger partial charge in [0, 0.05) is 19.8 Å². The summed E-state index contributed by atoms with van der Waals surface area (Å²) in [5, 5.41) is 3.43. The van der Waals surface area contributed by atoms with Crippen LogP contribution in [0, 0.1) is 5.92 Å². The van der Waals surface area contributed by atoms with Crippen LogP contribution in [-0.4, -0.2) is 39.0 Å². The van der Waals surface area contributed by atoms with Crippen molar-refractivity contribution >= 4 is 0 Å². The second kappa shape index (κ2) is 8.13. The van der Waals surface area contributed by atoms with Gasteiger partial charge in [-0.25, -0.2) is 0 Å². The van der Waals surface area contributed by atoms with Crippen molar-refractivity contribution in [3.05, 3.63) is 0 Å². The van der Waals surface area contributed by atoms with Gasteiger partial charge in [0.1, 0.15) is 0 Å². The third-order valence-electron chi connectivity index (χ3n) is 4.29. The fourth-order valence-electron chi connectivity index (χ4n) is 2.62. The molecule has 0 amide bonds. The van der Waals surface area contributed by atoms with Crippen molar-refractivity contribution < 1.29 is 9.47 Å². The molecule has 1 aliphatic rings. The summed E-state index contributed by atoms with van der Waals surface area (Å²) in [4.78, 5) is 0. The molecule has 1 unspecified atom stereocenters. The summed E-state index contributed by atoms with van der Waals surface area (Å²) in [6.45, 7) is 5.83. The number of ether oxygens (including phenoxy) is 2. The summed E-state index contributed by atoms with van der Waals surface area (Å²) in [6, 6.07) is 0.524. The van der Waals surface area contributed by atoms with Crippen molar-refractivity contribution in [3.8, 4) is 0 Å². The van der Waals surface area contributed by atoms with Crippen LogP contribution in [0.3, 0.4) is 0 Å².